The summed E-state index contributed by atoms with van der Waals surface area (Å²) in [5.74, 6) is 0.178. The second kappa shape index (κ2) is 11.0. The fraction of sp³-hybridized carbons (Fsp3) is 0.714. The summed E-state index contributed by atoms with van der Waals surface area (Å²) in [5.41, 5.74) is 1.64. The van der Waals surface area contributed by atoms with Crippen LogP contribution in [0, 0.1) is 5.41 Å². The van der Waals surface area contributed by atoms with E-state index in [0.717, 1.165) is 18.4 Å². The van der Waals surface area contributed by atoms with Gasteiger partial charge in [-0.05, 0) is 26.0 Å². The molecule has 0 heterocycles. The molecule has 0 aliphatic rings. The van der Waals surface area contributed by atoms with Crippen LogP contribution in [0.4, 0.5) is 0 Å². The second-order valence-electron chi connectivity index (χ2n) is 4.15. The zero-order valence-electron chi connectivity index (χ0n) is 12.2. The summed E-state index contributed by atoms with van der Waals surface area (Å²) in [7, 11) is 3.58. The predicted octanol–water partition coefficient (Wildman–Crippen LogP) is 2.80. The van der Waals surface area contributed by atoms with Gasteiger partial charge in [-0.3, -0.25) is 10.4 Å². The van der Waals surface area contributed by atoms with E-state index >= 15 is 0 Å². The van der Waals surface area contributed by atoms with Gasteiger partial charge in [-0.2, -0.15) is 0 Å². The number of nitrogens with zero attached hydrogens (tertiary/aromatic N) is 1. The summed E-state index contributed by atoms with van der Waals surface area (Å²) < 4.78 is 5.45. The first-order valence-electron chi connectivity index (χ1n) is 6.69. The van der Waals surface area contributed by atoms with E-state index < -0.39 is 0 Å². The third kappa shape index (κ3) is 6.55. The van der Waals surface area contributed by atoms with E-state index in [-0.39, 0.29) is 5.90 Å². The molecule has 0 saturated carbocycles. The van der Waals surface area contributed by atoms with Crippen molar-refractivity contribution < 1.29 is 4.74 Å². The van der Waals surface area contributed by atoms with Crippen LogP contribution in [0.5, 0.6) is 0 Å². The van der Waals surface area contributed by atoms with Gasteiger partial charge in [0.15, 0.2) is 0 Å². The van der Waals surface area contributed by atoms with E-state index in [1.54, 1.807) is 7.05 Å². The van der Waals surface area contributed by atoms with Crippen molar-refractivity contribution in [2.24, 2.45) is 4.99 Å². The Hall–Kier alpha value is -1.16. The van der Waals surface area contributed by atoms with Crippen LogP contribution in [0.15, 0.2) is 16.6 Å². The zero-order valence-corrected chi connectivity index (χ0v) is 12.2. The van der Waals surface area contributed by atoms with E-state index in [0.29, 0.717) is 18.9 Å². The van der Waals surface area contributed by atoms with Crippen molar-refractivity contribution in [3.8, 4) is 0 Å². The van der Waals surface area contributed by atoms with Gasteiger partial charge in [0, 0.05) is 13.6 Å². The molecule has 104 valence electrons. The molecule has 0 amide bonds. The molecule has 0 aromatic heterocycles. The summed E-state index contributed by atoms with van der Waals surface area (Å²) in [4.78, 5) is 4.15. The van der Waals surface area contributed by atoms with Gasteiger partial charge in [-0.25, -0.2) is 0 Å². The molecule has 0 rings (SSSR count). The monoisotopic (exact) mass is 253 g/mol. The molecule has 0 unspecified atom stereocenters. The molecule has 0 aromatic carbocycles. The number of allylic oxidation sites excluding steroid dienone is 1. The van der Waals surface area contributed by atoms with Gasteiger partial charge in [0.2, 0.25) is 5.90 Å². The van der Waals surface area contributed by atoms with Gasteiger partial charge in [0.05, 0.1) is 6.61 Å². The number of hydrogen-bond donors (Lipinski definition) is 2. The number of rotatable bonds is 9. The van der Waals surface area contributed by atoms with Crippen LogP contribution in [-0.2, 0) is 4.74 Å². The Morgan fingerprint density at radius 2 is 2.06 bits per heavy atom. The van der Waals surface area contributed by atoms with Gasteiger partial charge in [0.25, 0.3) is 0 Å². The molecule has 4 heteroatoms. The van der Waals surface area contributed by atoms with Crippen molar-refractivity contribution in [1.29, 1.82) is 5.41 Å². The quantitative estimate of drug-likeness (QED) is 0.377. The van der Waals surface area contributed by atoms with Gasteiger partial charge < -0.3 is 10.1 Å². The first kappa shape index (κ1) is 16.8. The van der Waals surface area contributed by atoms with Gasteiger partial charge in [-0.15, -0.1) is 0 Å². The number of nitrogens with one attached hydrogen (secondary N) is 2. The van der Waals surface area contributed by atoms with Crippen molar-refractivity contribution in [3.63, 3.8) is 0 Å². The van der Waals surface area contributed by atoms with Crippen LogP contribution < -0.4 is 5.32 Å². The normalized spacial score (nSPS) is 12.7. The average Bonchev–Trinajstić information content (AvgIpc) is 2.38. The minimum atomic E-state index is 0.178. The van der Waals surface area contributed by atoms with Crippen molar-refractivity contribution in [2.45, 2.75) is 39.5 Å². The molecule has 18 heavy (non-hydrogen) atoms. The summed E-state index contributed by atoms with van der Waals surface area (Å²) in [5, 5.41) is 11.0. The van der Waals surface area contributed by atoms with Crippen LogP contribution in [0.1, 0.15) is 39.5 Å². The van der Waals surface area contributed by atoms with Crippen LogP contribution in [0.25, 0.3) is 0 Å². The van der Waals surface area contributed by atoms with E-state index in [1.165, 1.54) is 12.8 Å². The summed E-state index contributed by atoms with van der Waals surface area (Å²) in [6.07, 6.45) is 6.57. The van der Waals surface area contributed by atoms with Gasteiger partial charge in [-0.1, -0.05) is 32.3 Å². The molecule has 0 aliphatic carbocycles. The summed E-state index contributed by atoms with van der Waals surface area (Å²) in [6, 6.07) is 0. The van der Waals surface area contributed by atoms with Crippen LogP contribution in [0.3, 0.4) is 0 Å². The highest BCUT2D eigenvalue weighted by atomic mass is 16.5. The molecule has 2 N–H and O–H groups in total. The minimum Gasteiger partial charge on any atom is -0.477 e. The maximum atomic E-state index is 7.92. The summed E-state index contributed by atoms with van der Waals surface area (Å²) >= 11 is 0. The number of aliphatic imine (C=N–C) groups is 1. The standard InChI is InChI=1S/C14H27N3O/c1-5-7-8-9-10-18-14(15)13(17-4)12(6-2)11-16-3/h6,15-16H,5,7-11H2,1-4H3/b12-6+,15-14?,17-13?. The highest BCUT2D eigenvalue weighted by Gasteiger charge is 2.12. The van der Waals surface area contributed by atoms with Crippen molar-refractivity contribution in [2.75, 3.05) is 27.2 Å². The lowest BCUT2D eigenvalue weighted by Gasteiger charge is -2.12. The predicted molar refractivity (Wildman–Crippen MR) is 78.9 cm³/mol. The zero-order chi connectivity index (χ0) is 13.8. The lowest BCUT2D eigenvalue weighted by atomic mass is 10.1. The topological polar surface area (TPSA) is 57.5 Å². The van der Waals surface area contributed by atoms with E-state index in [4.69, 9.17) is 10.1 Å². The number of ether oxygens (including phenoxy) is 1. The Morgan fingerprint density at radius 3 is 2.56 bits per heavy atom. The smallest absolute Gasteiger partial charge is 0.232 e. The van der Waals surface area contributed by atoms with Gasteiger partial charge >= 0.3 is 0 Å². The molecule has 0 atom stereocenters. The van der Waals surface area contributed by atoms with Crippen LogP contribution >= 0.6 is 0 Å². The molecular formula is C14H27N3O. The molecule has 0 aromatic rings. The highest BCUT2D eigenvalue weighted by Crippen LogP contribution is 2.03. The average molecular weight is 253 g/mol. The largest absolute Gasteiger partial charge is 0.477 e. The van der Waals surface area contributed by atoms with E-state index in [9.17, 15) is 0 Å². The molecule has 0 saturated heterocycles. The SMILES string of the molecule is C/C=C(\CNC)C(=NC)C(=N)OCCCCCC. The number of unbranched alkanes of at least 4 members (excludes halogenated alkanes) is 3. The van der Waals surface area contributed by atoms with Crippen molar-refractivity contribution >= 4 is 11.6 Å². The number of likely N-dealkylation sites (N-methyl/N-ethyl adjacent to an activating group) is 1. The maximum absolute atomic E-state index is 7.92. The minimum absolute atomic E-state index is 0.178. The lowest BCUT2D eigenvalue weighted by molar-refractivity contribution is 0.295. The number of hydrogen-bond acceptors (Lipinski definition) is 4. The lowest BCUT2D eigenvalue weighted by Crippen LogP contribution is -2.25. The van der Waals surface area contributed by atoms with Crippen LogP contribution in [0.2, 0.25) is 0 Å². The fourth-order valence-electron chi connectivity index (χ4n) is 1.68. The van der Waals surface area contributed by atoms with Gasteiger partial charge in [0.1, 0.15) is 5.71 Å². The third-order valence-electron chi connectivity index (χ3n) is 2.70. The molecule has 4 nitrogen and oxygen atoms in total. The Balaban J connectivity index is 4.20. The van der Waals surface area contributed by atoms with E-state index in [2.05, 4.69) is 17.2 Å². The third-order valence-corrected chi connectivity index (χ3v) is 2.70. The van der Waals surface area contributed by atoms with Crippen molar-refractivity contribution in [3.05, 3.63) is 11.6 Å². The molecule has 0 radical (unpaired) electrons. The Labute approximate surface area is 111 Å². The molecule has 0 aliphatic heterocycles. The fourth-order valence-corrected chi connectivity index (χ4v) is 1.68. The molecular weight excluding hydrogens is 226 g/mol. The van der Waals surface area contributed by atoms with Crippen LogP contribution in [-0.4, -0.2) is 38.9 Å². The molecule has 0 bridgehead atoms. The Morgan fingerprint density at radius 1 is 1.33 bits per heavy atom. The molecule has 0 fully saturated rings. The van der Waals surface area contributed by atoms with Crippen molar-refractivity contribution in [1.82, 2.24) is 5.32 Å². The second-order valence-corrected chi connectivity index (χ2v) is 4.15. The Bertz CT molecular complexity index is 295. The van der Waals surface area contributed by atoms with E-state index in [1.807, 2.05) is 20.0 Å². The maximum Gasteiger partial charge on any atom is 0.232 e. The first-order chi connectivity index (χ1) is 8.71. The molecule has 0 spiro atoms. The first-order valence-corrected chi connectivity index (χ1v) is 6.69. The summed E-state index contributed by atoms with van der Waals surface area (Å²) in [6.45, 7) is 5.44. The highest BCUT2D eigenvalue weighted by molar-refractivity contribution is 6.44. The Kier molecular flexibility index (Phi) is 10.3.